The van der Waals surface area contributed by atoms with Crippen LogP contribution in [0.15, 0.2) is 0 Å². The first-order valence-corrected chi connectivity index (χ1v) is 8.03. The summed E-state index contributed by atoms with van der Waals surface area (Å²) < 4.78 is 0. The van der Waals surface area contributed by atoms with Crippen LogP contribution in [0, 0.1) is 11.8 Å². The third-order valence-corrected chi connectivity index (χ3v) is 5.68. The summed E-state index contributed by atoms with van der Waals surface area (Å²) in [6.07, 6.45) is 8.51. The van der Waals surface area contributed by atoms with Gasteiger partial charge in [0.15, 0.2) is 0 Å². The lowest BCUT2D eigenvalue weighted by molar-refractivity contribution is -0.137. The maximum absolute atomic E-state index is 12.5. The number of halogens is 1. The molecule has 17 heavy (non-hydrogen) atoms. The van der Waals surface area contributed by atoms with E-state index in [0.29, 0.717) is 22.6 Å². The molecule has 2 unspecified atom stereocenters. The number of nitrogens with zero attached hydrogens (tertiary/aromatic N) is 1. The van der Waals surface area contributed by atoms with Crippen molar-refractivity contribution in [2.75, 3.05) is 13.1 Å². The molecule has 98 valence electrons. The van der Waals surface area contributed by atoms with E-state index < -0.39 is 0 Å². The van der Waals surface area contributed by atoms with Crippen molar-refractivity contribution in [3.05, 3.63) is 0 Å². The molecule has 1 amide bonds. The van der Waals surface area contributed by atoms with Gasteiger partial charge in [0, 0.05) is 23.8 Å². The first-order chi connectivity index (χ1) is 8.18. The van der Waals surface area contributed by atoms with Crippen molar-refractivity contribution in [1.82, 2.24) is 4.90 Å². The Balaban J connectivity index is 1.90. The van der Waals surface area contributed by atoms with Crippen LogP contribution in [-0.4, -0.2) is 28.7 Å². The lowest BCUT2D eigenvalue weighted by atomic mass is 9.95. The number of rotatable bonds is 1. The molecule has 0 N–H and O–H groups in total. The molecule has 2 atom stereocenters. The first kappa shape index (κ1) is 13.4. The summed E-state index contributed by atoms with van der Waals surface area (Å²) in [5.74, 6) is 1.37. The molecule has 2 fully saturated rings. The zero-order valence-electron chi connectivity index (χ0n) is 10.8. The zero-order valence-corrected chi connectivity index (χ0v) is 12.4. The molecule has 0 bridgehead atoms. The summed E-state index contributed by atoms with van der Waals surface area (Å²) in [4.78, 5) is 15.2. The number of hydrogen-bond donors (Lipinski definition) is 0. The van der Waals surface area contributed by atoms with Gasteiger partial charge in [0.25, 0.3) is 0 Å². The highest BCUT2D eigenvalue weighted by molar-refractivity contribution is 9.09. The smallest absolute Gasteiger partial charge is 0.225 e. The van der Waals surface area contributed by atoms with E-state index in [4.69, 9.17) is 0 Å². The molecule has 2 aliphatic rings. The van der Waals surface area contributed by atoms with Crippen molar-refractivity contribution in [3.8, 4) is 0 Å². The average Bonchev–Trinajstić information content (AvgIpc) is 2.60. The van der Waals surface area contributed by atoms with Gasteiger partial charge in [-0.25, -0.2) is 0 Å². The minimum atomic E-state index is 0.330. The van der Waals surface area contributed by atoms with Gasteiger partial charge < -0.3 is 4.90 Å². The van der Waals surface area contributed by atoms with Crippen LogP contribution in [0.25, 0.3) is 0 Å². The lowest BCUT2D eigenvalue weighted by Crippen LogP contribution is -2.45. The Hall–Kier alpha value is -0.0500. The molecule has 1 heterocycles. The van der Waals surface area contributed by atoms with E-state index in [-0.39, 0.29) is 0 Å². The number of likely N-dealkylation sites (tertiary alicyclic amines) is 1. The van der Waals surface area contributed by atoms with E-state index in [1.54, 1.807) is 0 Å². The van der Waals surface area contributed by atoms with Crippen LogP contribution in [0.2, 0.25) is 0 Å². The second-order valence-electron chi connectivity index (χ2n) is 5.75. The maximum atomic E-state index is 12.5. The molecule has 2 nitrogen and oxygen atoms in total. The largest absolute Gasteiger partial charge is 0.342 e. The molecule has 0 aromatic carbocycles. The molecule has 2 rings (SSSR count). The van der Waals surface area contributed by atoms with Crippen LogP contribution in [-0.2, 0) is 4.79 Å². The zero-order chi connectivity index (χ0) is 12.3. The van der Waals surface area contributed by atoms with Crippen LogP contribution in [0.1, 0.15) is 51.9 Å². The number of carbonyl (C=O) groups is 1. The van der Waals surface area contributed by atoms with E-state index >= 15 is 0 Å². The summed E-state index contributed by atoms with van der Waals surface area (Å²) in [6.45, 7) is 4.15. The number of alkyl halides is 1. The Morgan fingerprint density at radius 2 is 1.76 bits per heavy atom. The quantitative estimate of drug-likeness (QED) is 0.535. The summed E-state index contributed by atoms with van der Waals surface area (Å²) in [6, 6.07) is 0. The van der Waals surface area contributed by atoms with Gasteiger partial charge in [-0.2, -0.15) is 0 Å². The molecule has 0 aromatic heterocycles. The Morgan fingerprint density at radius 3 is 2.35 bits per heavy atom. The van der Waals surface area contributed by atoms with E-state index in [9.17, 15) is 4.79 Å². The molecule has 0 spiro atoms. The van der Waals surface area contributed by atoms with E-state index in [0.717, 1.165) is 32.4 Å². The standard InChI is InChI=1S/C14H24BrNO/c1-11-10-16(9-8-13(11)15)14(17)12-6-4-2-3-5-7-12/h11-13H,2-10H2,1H3. The van der Waals surface area contributed by atoms with E-state index in [1.807, 2.05) is 0 Å². The van der Waals surface area contributed by atoms with Crippen LogP contribution in [0.4, 0.5) is 0 Å². The molecule has 3 heteroatoms. The summed E-state index contributed by atoms with van der Waals surface area (Å²) in [7, 11) is 0. The van der Waals surface area contributed by atoms with Crippen molar-refractivity contribution in [2.24, 2.45) is 11.8 Å². The second-order valence-corrected chi connectivity index (χ2v) is 6.93. The van der Waals surface area contributed by atoms with Gasteiger partial charge in [0.1, 0.15) is 0 Å². The molecule has 1 aliphatic heterocycles. The topological polar surface area (TPSA) is 20.3 Å². The van der Waals surface area contributed by atoms with Gasteiger partial charge in [-0.1, -0.05) is 48.5 Å². The normalized spacial score (nSPS) is 32.2. The van der Waals surface area contributed by atoms with Crippen LogP contribution in [0.3, 0.4) is 0 Å². The minimum absolute atomic E-state index is 0.330. The highest BCUT2D eigenvalue weighted by Gasteiger charge is 2.30. The second kappa shape index (κ2) is 6.21. The van der Waals surface area contributed by atoms with Crippen molar-refractivity contribution >= 4 is 21.8 Å². The first-order valence-electron chi connectivity index (χ1n) is 7.11. The van der Waals surface area contributed by atoms with Crippen LogP contribution in [0.5, 0.6) is 0 Å². The number of hydrogen-bond acceptors (Lipinski definition) is 1. The van der Waals surface area contributed by atoms with Crippen molar-refractivity contribution in [2.45, 2.75) is 56.7 Å². The van der Waals surface area contributed by atoms with Crippen molar-refractivity contribution in [3.63, 3.8) is 0 Å². The van der Waals surface area contributed by atoms with Crippen molar-refractivity contribution in [1.29, 1.82) is 0 Å². The molecule has 1 aliphatic carbocycles. The van der Waals surface area contributed by atoms with Gasteiger partial charge in [-0.3, -0.25) is 4.79 Å². The third kappa shape index (κ3) is 3.46. The Kier molecular flexibility index (Phi) is 4.89. The number of carbonyl (C=O) groups excluding carboxylic acids is 1. The fourth-order valence-electron chi connectivity index (χ4n) is 3.10. The summed E-state index contributed by atoms with van der Waals surface area (Å²) in [5.41, 5.74) is 0. The third-order valence-electron chi connectivity index (χ3n) is 4.32. The Labute approximate surface area is 113 Å². The minimum Gasteiger partial charge on any atom is -0.342 e. The summed E-state index contributed by atoms with van der Waals surface area (Å²) >= 11 is 3.70. The molecular formula is C14H24BrNO. The highest BCUT2D eigenvalue weighted by atomic mass is 79.9. The fraction of sp³-hybridized carbons (Fsp3) is 0.929. The van der Waals surface area contributed by atoms with E-state index in [2.05, 4.69) is 27.8 Å². The van der Waals surface area contributed by atoms with Gasteiger partial charge in [-0.15, -0.1) is 0 Å². The number of piperidine rings is 1. The van der Waals surface area contributed by atoms with Crippen molar-refractivity contribution < 1.29 is 4.79 Å². The van der Waals surface area contributed by atoms with Crippen LogP contribution < -0.4 is 0 Å². The molecule has 0 radical (unpaired) electrons. The molecule has 1 saturated carbocycles. The predicted octanol–water partition coefficient (Wildman–Crippen LogP) is 3.59. The van der Waals surface area contributed by atoms with Gasteiger partial charge in [0.2, 0.25) is 5.91 Å². The molecule has 0 aromatic rings. The summed E-state index contributed by atoms with van der Waals surface area (Å²) in [5, 5.41) is 0. The van der Waals surface area contributed by atoms with Gasteiger partial charge in [-0.05, 0) is 25.2 Å². The lowest BCUT2D eigenvalue weighted by Gasteiger charge is -2.36. The van der Waals surface area contributed by atoms with Gasteiger partial charge in [0.05, 0.1) is 0 Å². The van der Waals surface area contributed by atoms with Crippen LogP contribution >= 0.6 is 15.9 Å². The highest BCUT2D eigenvalue weighted by Crippen LogP contribution is 2.28. The monoisotopic (exact) mass is 301 g/mol. The predicted molar refractivity (Wildman–Crippen MR) is 74.3 cm³/mol. The van der Waals surface area contributed by atoms with E-state index in [1.165, 1.54) is 25.7 Å². The Morgan fingerprint density at radius 1 is 1.12 bits per heavy atom. The average molecular weight is 302 g/mol. The number of amides is 1. The maximum Gasteiger partial charge on any atom is 0.225 e. The Bertz CT molecular complexity index is 261. The molecule has 1 saturated heterocycles. The SMILES string of the molecule is CC1CN(C(=O)C2CCCCCC2)CCC1Br. The van der Waals surface area contributed by atoms with Gasteiger partial charge >= 0.3 is 0 Å². The molecular weight excluding hydrogens is 278 g/mol. The fourth-order valence-corrected chi connectivity index (χ4v) is 3.47.